The van der Waals surface area contributed by atoms with E-state index >= 15 is 0 Å². The topological polar surface area (TPSA) is 45.7 Å². The molecule has 0 unspecified atom stereocenters. The second-order valence-electron chi connectivity index (χ2n) is 5.23. The summed E-state index contributed by atoms with van der Waals surface area (Å²) >= 11 is 6.14. The molecule has 2 N–H and O–H groups in total. The number of benzene rings is 2. The second kappa shape index (κ2) is 11.3. The van der Waals surface area contributed by atoms with E-state index in [0.29, 0.717) is 29.6 Å². The van der Waals surface area contributed by atoms with Crippen molar-refractivity contribution >= 4 is 41.5 Å². The van der Waals surface area contributed by atoms with Crippen LogP contribution in [0.15, 0.2) is 47.5 Å². The molecule has 0 spiro atoms. The maximum atomic E-state index is 13.6. The van der Waals surface area contributed by atoms with E-state index in [1.54, 1.807) is 26.3 Å². The van der Waals surface area contributed by atoms with E-state index in [1.807, 2.05) is 24.3 Å². The number of aliphatic imine (C=N–C) groups is 1. The summed E-state index contributed by atoms with van der Waals surface area (Å²) in [4.78, 5) is 4.18. The predicted octanol–water partition coefficient (Wildman–Crippen LogP) is 4.11. The Bertz CT molecular complexity index is 712. The van der Waals surface area contributed by atoms with Gasteiger partial charge in [0.05, 0.1) is 6.61 Å². The molecule has 0 amide bonds. The van der Waals surface area contributed by atoms with Crippen molar-refractivity contribution in [1.29, 1.82) is 0 Å². The lowest BCUT2D eigenvalue weighted by Crippen LogP contribution is -2.36. The minimum atomic E-state index is -0.262. The number of nitrogens with zero attached hydrogens (tertiary/aromatic N) is 1. The molecule has 2 aromatic carbocycles. The SMILES string of the molecule is CN=C(NCc1ccc(F)c(COC)c1)NCc1ccccc1Cl.I. The highest BCUT2D eigenvalue weighted by atomic mass is 127. The third-order valence-corrected chi connectivity index (χ3v) is 3.87. The van der Waals surface area contributed by atoms with Crippen LogP contribution in [0, 0.1) is 5.82 Å². The molecule has 136 valence electrons. The highest BCUT2D eigenvalue weighted by Crippen LogP contribution is 2.14. The summed E-state index contributed by atoms with van der Waals surface area (Å²) in [5, 5.41) is 7.11. The molecule has 4 nitrogen and oxygen atoms in total. The number of guanidine groups is 1. The molecular formula is C18H22ClFIN3O. The minimum absolute atomic E-state index is 0. The minimum Gasteiger partial charge on any atom is -0.380 e. The lowest BCUT2D eigenvalue weighted by atomic mass is 10.1. The van der Waals surface area contributed by atoms with Crippen LogP contribution in [0.25, 0.3) is 0 Å². The Hall–Kier alpha value is -1.38. The molecule has 0 heterocycles. The molecule has 25 heavy (non-hydrogen) atoms. The third-order valence-electron chi connectivity index (χ3n) is 3.50. The van der Waals surface area contributed by atoms with Crippen molar-refractivity contribution in [1.82, 2.24) is 10.6 Å². The number of hydrogen-bond acceptors (Lipinski definition) is 2. The van der Waals surface area contributed by atoms with Crippen LogP contribution in [0.4, 0.5) is 4.39 Å². The molecule has 0 aliphatic carbocycles. The zero-order chi connectivity index (χ0) is 17.4. The number of hydrogen-bond donors (Lipinski definition) is 2. The van der Waals surface area contributed by atoms with Gasteiger partial charge in [0.1, 0.15) is 5.82 Å². The molecule has 0 fully saturated rings. The third kappa shape index (κ3) is 6.80. The summed E-state index contributed by atoms with van der Waals surface area (Å²) in [6, 6.07) is 12.6. The van der Waals surface area contributed by atoms with Crippen LogP contribution in [0.2, 0.25) is 5.02 Å². The van der Waals surface area contributed by atoms with Crippen LogP contribution in [-0.4, -0.2) is 20.1 Å². The van der Waals surface area contributed by atoms with Gasteiger partial charge in [-0.05, 0) is 29.3 Å². The predicted molar refractivity (Wildman–Crippen MR) is 111 cm³/mol. The van der Waals surface area contributed by atoms with Gasteiger partial charge in [-0.3, -0.25) is 4.99 Å². The van der Waals surface area contributed by atoms with Crippen LogP contribution in [0.1, 0.15) is 16.7 Å². The van der Waals surface area contributed by atoms with Gasteiger partial charge in [0.15, 0.2) is 5.96 Å². The largest absolute Gasteiger partial charge is 0.380 e. The van der Waals surface area contributed by atoms with Crippen LogP contribution >= 0.6 is 35.6 Å². The molecule has 0 saturated heterocycles. The van der Waals surface area contributed by atoms with Crippen LogP contribution < -0.4 is 10.6 Å². The maximum Gasteiger partial charge on any atom is 0.191 e. The lowest BCUT2D eigenvalue weighted by molar-refractivity contribution is 0.181. The molecule has 0 aromatic heterocycles. The summed E-state index contributed by atoms with van der Waals surface area (Å²) < 4.78 is 18.6. The zero-order valence-electron chi connectivity index (χ0n) is 14.2. The van der Waals surface area contributed by atoms with Crippen molar-refractivity contribution in [2.24, 2.45) is 4.99 Å². The first-order valence-corrected chi connectivity index (χ1v) is 7.96. The van der Waals surface area contributed by atoms with E-state index in [0.717, 1.165) is 11.1 Å². The van der Waals surface area contributed by atoms with E-state index in [-0.39, 0.29) is 36.4 Å². The normalized spacial score (nSPS) is 11.0. The average molecular weight is 478 g/mol. The number of methoxy groups -OCH3 is 1. The van der Waals surface area contributed by atoms with E-state index in [2.05, 4.69) is 15.6 Å². The highest BCUT2D eigenvalue weighted by molar-refractivity contribution is 14.0. The van der Waals surface area contributed by atoms with Crippen molar-refractivity contribution in [3.63, 3.8) is 0 Å². The summed E-state index contributed by atoms with van der Waals surface area (Å²) in [5.41, 5.74) is 2.48. The van der Waals surface area contributed by atoms with E-state index < -0.39 is 0 Å². The second-order valence-corrected chi connectivity index (χ2v) is 5.64. The quantitative estimate of drug-likeness (QED) is 0.374. The first-order valence-electron chi connectivity index (χ1n) is 7.58. The standard InChI is InChI=1S/C18H21ClFN3O.HI/c1-21-18(23-11-14-5-3-4-6-16(14)19)22-10-13-7-8-17(20)15(9-13)12-24-2;/h3-9H,10-12H2,1-2H3,(H2,21,22,23);1H. The Morgan fingerprint density at radius 1 is 1.12 bits per heavy atom. The van der Waals surface area contributed by atoms with Crippen molar-refractivity contribution in [3.8, 4) is 0 Å². The van der Waals surface area contributed by atoms with Crippen molar-refractivity contribution < 1.29 is 9.13 Å². The Kier molecular flexibility index (Phi) is 9.77. The van der Waals surface area contributed by atoms with Gasteiger partial charge in [0.2, 0.25) is 0 Å². The zero-order valence-corrected chi connectivity index (χ0v) is 17.3. The highest BCUT2D eigenvalue weighted by Gasteiger charge is 2.05. The molecule has 0 aliphatic rings. The molecule has 0 saturated carbocycles. The summed E-state index contributed by atoms with van der Waals surface area (Å²) in [7, 11) is 3.24. The van der Waals surface area contributed by atoms with Gasteiger partial charge in [-0.15, -0.1) is 24.0 Å². The van der Waals surface area contributed by atoms with Gasteiger partial charge in [-0.25, -0.2) is 4.39 Å². The molecular weight excluding hydrogens is 456 g/mol. The first-order chi connectivity index (χ1) is 11.6. The van der Waals surface area contributed by atoms with Crippen molar-refractivity contribution in [2.75, 3.05) is 14.2 Å². The van der Waals surface area contributed by atoms with Crippen molar-refractivity contribution in [3.05, 3.63) is 70.0 Å². The summed E-state index contributed by atoms with van der Waals surface area (Å²) in [6.45, 7) is 1.34. The number of nitrogens with one attached hydrogen (secondary N) is 2. The summed E-state index contributed by atoms with van der Waals surface area (Å²) in [5.74, 6) is 0.384. The first kappa shape index (κ1) is 21.7. The number of rotatable bonds is 6. The van der Waals surface area contributed by atoms with Gasteiger partial charge < -0.3 is 15.4 Å². The number of halogens is 3. The fraction of sp³-hybridized carbons (Fsp3) is 0.278. The van der Waals surface area contributed by atoms with Gasteiger partial charge >= 0.3 is 0 Å². The maximum absolute atomic E-state index is 13.6. The van der Waals surface area contributed by atoms with E-state index in [1.165, 1.54) is 6.07 Å². The lowest BCUT2D eigenvalue weighted by Gasteiger charge is -2.13. The molecule has 7 heteroatoms. The van der Waals surface area contributed by atoms with Crippen LogP contribution in [-0.2, 0) is 24.4 Å². The monoisotopic (exact) mass is 477 g/mol. The average Bonchev–Trinajstić information content (AvgIpc) is 2.59. The van der Waals surface area contributed by atoms with Crippen molar-refractivity contribution in [2.45, 2.75) is 19.7 Å². The Morgan fingerprint density at radius 3 is 2.52 bits per heavy atom. The molecule has 0 bridgehead atoms. The molecule has 0 atom stereocenters. The molecule has 2 aromatic rings. The molecule has 2 rings (SSSR count). The fourth-order valence-corrected chi connectivity index (χ4v) is 2.43. The van der Waals surface area contributed by atoms with Gasteiger partial charge in [-0.2, -0.15) is 0 Å². The Morgan fingerprint density at radius 2 is 1.84 bits per heavy atom. The van der Waals surface area contributed by atoms with Gasteiger partial charge in [0.25, 0.3) is 0 Å². The van der Waals surface area contributed by atoms with Gasteiger partial charge in [0, 0.05) is 37.8 Å². The van der Waals surface area contributed by atoms with Gasteiger partial charge in [-0.1, -0.05) is 35.9 Å². The fourth-order valence-electron chi connectivity index (χ4n) is 2.23. The Labute approximate surface area is 169 Å². The Balaban J connectivity index is 0.00000312. The van der Waals surface area contributed by atoms with Crippen LogP contribution in [0.3, 0.4) is 0 Å². The molecule has 0 radical (unpaired) electrons. The van der Waals surface area contributed by atoms with Crippen LogP contribution in [0.5, 0.6) is 0 Å². The number of ether oxygens (including phenoxy) is 1. The molecule has 0 aliphatic heterocycles. The summed E-state index contributed by atoms with van der Waals surface area (Å²) in [6.07, 6.45) is 0. The van der Waals surface area contributed by atoms with E-state index in [9.17, 15) is 4.39 Å². The van der Waals surface area contributed by atoms with E-state index in [4.69, 9.17) is 16.3 Å². The smallest absolute Gasteiger partial charge is 0.191 e.